The van der Waals surface area contributed by atoms with Crippen LogP contribution in [0.15, 0.2) is 12.4 Å². The molecule has 2 rings (SSSR count). The number of anilines is 1. The average molecular weight is 237 g/mol. The molecule has 0 fully saturated rings. The highest BCUT2D eigenvalue weighted by Gasteiger charge is 2.13. The molecule has 0 bridgehead atoms. The summed E-state index contributed by atoms with van der Waals surface area (Å²) < 4.78 is 0. The fourth-order valence-corrected chi connectivity index (χ4v) is 2.02. The Kier molecular flexibility index (Phi) is 2.86. The van der Waals surface area contributed by atoms with Gasteiger partial charge in [-0.2, -0.15) is 0 Å². The van der Waals surface area contributed by atoms with Gasteiger partial charge in [-0.3, -0.25) is 4.79 Å². The molecular formula is C9H11N5OS. The molecule has 0 spiro atoms. The largest absolute Gasteiger partial charge is 0.375 e. The molecule has 0 aliphatic heterocycles. The summed E-state index contributed by atoms with van der Waals surface area (Å²) in [4.78, 5) is 23.2. The molecule has 0 aromatic carbocycles. The van der Waals surface area contributed by atoms with E-state index in [0.717, 1.165) is 0 Å². The zero-order valence-corrected chi connectivity index (χ0v) is 9.47. The number of H-pyrrole nitrogens is 1. The van der Waals surface area contributed by atoms with Gasteiger partial charge >= 0.3 is 0 Å². The first-order chi connectivity index (χ1) is 7.66. The number of hydrogen-bond acceptors (Lipinski definition) is 5. The second-order valence-corrected chi connectivity index (χ2v) is 4.22. The Morgan fingerprint density at radius 1 is 1.69 bits per heavy atom. The van der Waals surface area contributed by atoms with Crippen LogP contribution in [0.25, 0.3) is 0 Å². The van der Waals surface area contributed by atoms with E-state index in [4.69, 9.17) is 5.73 Å². The molecule has 1 amide bonds. The van der Waals surface area contributed by atoms with Crippen LogP contribution in [0.3, 0.4) is 0 Å². The summed E-state index contributed by atoms with van der Waals surface area (Å²) in [6, 6.07) is 0. The lowest BCUT2D eigenvalue weighted by Crippen LogP contribution is -2.23. The van der Waals surface area contributed by atoms with E-state index < -0.39 is 0 Å². The number of carbonyl (C=O) groups is 1. The van der Waals surface area contributed by atoms with E-state index in [9.17, 15) is 4.79 Å². The first kappa shape index (κ1) is 10.6. The summed E-state index contributed by atoms with van der Waals surface area (Å²) >= 11 is 1.18. The van der Waals surface area contributed by atoms with Crippen molar-refractivity contribution in [2.75, 3.05) is 5.73 Å². The number of aromatic amines is 1. The number of imidazole rings is 1. The fourth-order valence-electron chi connectivity index (χ4n) is 1.27. The lowest BCUT2D eigenvalue weighted by molar-refractivity contribution is 0.0953. The monoisotopic (exact) mass is 237 g/mol. The number of aromatic nitrogens is 3. The average Bonchev–Trinajstić information content (AvgIpc) is 2.84. The van der Waals surface area contributed by atoms with Crippen molar-refractivity contribution in [2.45, 2.75) is 13.5 Å². The van der Waals surface area contributed by atoms with Gasteiger partial charge in [-0.1, -0.05) is 11.3 Å². The summed E-state index contributed by atoms with van der Waals surface area (Å²) in [6.45, 7) is 2.12. The Hall–Kier alpha value is -1.89. The summed E-state index contributed by atoms with van der Waals surface area (Å²) in [6.07, 6.45) is 3.34. The molecular weight excluding hydrogens is 226 g/mol. The van der Waals surface area contributed by atoms with Crippen molar-refractivity contribution in [3.8, 4) is 0 Å². The molecule has 2 aromatic heterocycles. The van der Waals surface area contributed by atoms with Gasteiger partial charge in [-0.05, 0) is 6.92 Å². The standard InChI is InChI=1S/C9H11N5OS/c1-5-7(16-9(10)14-5)8(15)13-4-6-11-2-3-12-6/h2-3H,4H2,1H3,(H2,10,14)(H,11,12)(H,13,15). The Morgan fingerprint density at radius 2 is 2.50 bits per heavy atom. The molecule has 0 saturated carbocycles. The molecule has 0 unspecified atom stereocenters. The van der Waals surface area contributed by atoms with E-state index in [0.29, 0.717) is 28.1 Å². The summed E-state index contributed by atoms with van der Waals surface area (Å²) in [5, 5.41) is 3.14. The number of amides is 1. The highest BCUT2D eigenvalue weighted by atomic mass is 32.1. The third-order valence-electron chi connectivity index (χ3n) is 1.99. The van der Waals surface area contributed by atoms with E-state index in [1.165, 1.54) is 11.3 Å². The van der Waals surface area contributed by atoms with E-state index >= 15 is 0 Å². The summed E-state index contributed by atoms with van der Waals surface area (Å²) in [5.74, 6) is 0.534. The first-order valence-electron chi connectivity index (χ1n) is 4.66. The fraction of sp³-hybridized carbons (Fsp3) is 0.222. The zero-order valence-electron chi connectivity index (χ0n) is 8.65. The van der Waals surface area contributed by atoms with Gasteiger partial charge in [0, 0.05) is 12.4 Å². The number of nitrogens with two attached hydrogens (primary N) is 1. The Morgan fingerprint density at radius 3 is 3.06 bits per heavy atom. The molecule has 84 valence electrons. The van der Waals surface area contributed by atoms with Gasteiger partial charge in [0.05, 0.1) is 12.2 Å². The van der Waals surface area contributed by atoms with E-state index in [2.05, 4.69) is 20.3 Å². The molecule has 0 saturated heterocycles. The maximum Gasteiger partial charge on any atom is 0.263 e. The van der Waals surface area contributed by atoms with E-state index in [1.807, 2.05) is 0 Å². The quantitative estimate of drug-likeness (QED) is 0.731. The first-order valence-corrected chi connectivity index (χ1v) is 5.48. The predicted octanol–water partition coefficient (Wildman–Crippen LogP) is 0.687. The number of nitrogens with zero attached hydrogens (tertiary/aromatic N) is 2. The second-order valence-electron chi connectivity index (χ2n) is 3.19. The van der Waals surface area contributed by atoms with E-state index in [-0.39, 0.29) is 5.91 Å². The maximum atomic E-state index is 11.7. The number of aryl methyl sites for hydroxylation is 1. The molecule has 2 aromatic rings. The van der Waals surface area contributed by atoms with Crippen LogP contribution in [0, 0.1) is 6.92 Å². The van der Waals surface area contributed by atoms with Crippen molar-refractivity contribution >= 4 is 22.4 Å². The molecule has 0 atom stereocenters. The normalized spacial score (nSPS) is 10.3. The highest BCUT2D eigenvalue weighted by molar-refractivity contribution is 7.17. The second kappa shape index (κ2) is 4.31. The van der Waals surface area contributed by atoms with Crippen molar-refractivity contribution < 1.29 is 4.79 Å². The van der Waals surface area contributed by atoms with Crippen molar-refractivity contribution in [2.24, 2.45) is 0 Å². The zero-order chi connectivity index (χ0) is 11.5. The van der Waals surface area contributed by atoms with Crippen LogP contribution in [0.5, 0.6) is 0 Å². The molecule has 16 heavy (non-hydrogen) atoms. The van der Waals surface area contributed by atoms with Crippen molar-refractivity contribution in [3.63, 3.8) is 0 Å². The summed E-state index contributed by atoms with van der Waals surface area (Å²) in [5.41, 5.74) is 6.17. The van der Waals surface area contributed by atoms with Crippen molar-refractivity contribution in [1.29, 1.82) is 0 Å². The Bertz CT molecular complexity index is 490. The predicted molar refractivity (Wildman–Crippen MR) is 61.0 cm³/mol. The molecule has 0 aliphatic rings. The van der Waals surface area contributed by atoms with Gasteiger partial charge in [0.1, 0.15) is 10.7 Å². The SMILES string of the molecule is Cc1nc(N)sc1C(=O)NCc1ncc[nH]1. The molecule has 4 N–H and O–H groups in total. The molecule has 6 nitrogen and oxygen atoms in total. The van der Waals surface area contributed by atoms with Crippen LogP contribution in [0.2, 0.25) is 0 Å². The Balaban J connectivity index is 2.01. The van der Waals surface area contributed by atoms with Crippen molar-refractivity contribution in [1.82, 2.24) is 20.3 Å². The number of hydrogen-bond donors (Lipinski definition) is 3. The van der Waals surface area contributed by atoms with Crippen molar-refractivity contribution in [3.05, 3.63) is 28.8 Å². The lowest BCUT2D eigenvalue weighted by Gasteiger charge is -2.00. The smallest absolute Gasteiger partial charge is 0.263 e. The minimum atomic E-state index is -0.178. The number of nitrogen functional groups attached to an aromatic ring is 1. The highest BCUT2D eigenvalue weighted by Crippen LogP contribution is 2.19. The van der Waals surface area contributed by atoms with E-state index in [1.54, 1.807) is 19.3 Å². The molecule has 2 heterocycles. The van der Waals surface area contributed by atoms with Crippen LogP contribution in [-0.2, 0) is 6.54 Å². The number of thiazole rings is 1. The van der Waals surface area contributed by atoms with Gasteiger partial charge in [0.2, 0.25) is 0 Å². The maximum absolute atomic E-state index is 11.7. The molecule has 7 heteroatoms. The topological polar surface area (TPSA) is 96.7 Å². The third kappa shape index (κ3) is 2.19. The van der Waals surface area contributed by atoms with Gasteiger partial charge < -0.3 is 16.0 Å². The molecule has 0 radical (unpaired) electrons. The van der Waals surface area contributed by atoms with Crippen LogP contribution >= 0.6 is 11.3 Å². The van der Waals surface area contributed by atoms with Crippen LogP contribution in [0.4, 0.5) is 5.13 Å². The number of nitrogens with one attached hydrogen (secondary N) is 2. The third-order valence-corrected chi connectivity index (χ3v) is 2.98. The Labute approximate surface area is 95.9 Å². The van der Waals surface area contributed by atoms with Gasteiger partial charge in [0.15, 0.2) is 5.13 Å². The van der Waals surface area contributed by atoms with Gasteiger partial charge in [0.25, 0.3) is 5.91 Å². The van der Waals surface area contributed by atoms with Gasteiger partial charge in [-0.25, -0.2) is 9.97 Å². The minimum Gasteiger partial charge on any atom is -0.375 e. The summed E-state index contributed by atoms with van der Waals surface area (Å²) in [7, 11) is 0. The number of rotatable bonds is 3. The van der Waals surface area contributed by atoms with Crippen LogP contribution in [-0.4, -0.2) is 20.9 Å². The number of carbonyl (C=O) groups excluding carboxylic acids is 1. The minimum absolute atomic E-state index is 0.178. The van der Waals surface area contributed by atoms with Crippen LogP contribution < -0.4 is 11.1 Å². The van der Waals surface area contributed by atoms with Crippen LogP contribution in [0.1, 0.15) is 21.2 Å². The molecule has 0 aliphatic carbocycles. The van der Waals surface area contributed by atoms with Gasteiger partial charge in [-0.15, -0.1) is 0 Å². The lowest BCUT2D eigenvalue weighted by atomic mass is 10.4.